The van der Waals surface area contributed by atoms with Gasteiger partial charge in [-0.3, -0.25) is 4.79 Å². The van der Waals surface area contributed by atoms with E-state index in [1.807, 2.05) is 0 Å². The van der Waals surface area contributed by atoms with E-state index in [9.17, 15) is 20.1 Å². The number of phenolic OH excluding ortho intramolecular Hbond substituents is 1. The largest absolute Gasteiger partial charge is 0.504 e. The molecular weight excluding hydrogens is 236 g/mol. The lowest BCUT2D eigenvalue weighted by Crippen LogP contribution is -2.44. The van der Waals surface area contributed by atoms with Crippen LogP contribution in [0.15, 0.2) is 18.2 Å². The zero-order chi connectivity index (χ0) is 14.1. The molecule has 3 N–H and O–H groups in total. The van der Waals surface area contributed by atoms with Crippen LogP contribution in [0.3, 0.4) is 0 Å². The Labute approximate surface area is 106 Å². The predicted molar refractivity (Wildman–Crippen MR) is 65.6 cm³/mol. The molecule has 18 heavy (non-hydrogen) atoms. The van der Waals surface area contributed by atoms with Crippen molar-refractivity contribution < 1.29 is 24.9 Å². The Morgan fingerprint density at radius 1 is 1.28 bits per heavy atom. The maximum Gasteiger partial charge on any atom is 0.312 e. The highest BCUT2D eigenvalue weighted by Gasteiger charge is 2.47. The molecule has 1 unspecified atom stereocenters. The van der Waals surface area contributed by atoms with Gasteiger partial charge in [-0.2, -0.15) is 0 Å². The van der Waals surface area contributed by atoms with Gasteiger partial charge in [0, 0.05) is 0 Å². The molecule has 5 heteroatoms. The number of hydrogen-bond acceptors (Lipinski definition) is 4. The second-order valence-corrected chi connectivity index (χ2v) is 4.89. The molecule has 5 nitrogen and oxygen atoms in total. The number of carboxylic acid groups (broad SMARTS) is 1. The fourth-order valence-electron chi connectivity index (χ4n) is 1.55. The number of ether oxygens (including phenoxy) is 1. The third kappa shape index (κ3) is 2.13. The van der Waals surface area contributed by atoms with Crippen LogP contribution in [0, 0.1) is 5.41 Å². The van der Waals surface area contributed by atoms with Gasteiger partial charge in [-0.15, -0.1) is 0 Å². The topological polar surface area (TPSA) is 87.0 Å². The summed E-state index contributed by atoms with van der Waals surface area (Å²) in [5.74, 6) is -0.987. The van der Waals surface area contributed by atoms with Crippen LogP contribution in [0.1, 0.15) is 26.3 Å². The first-order valence-electron chi connectivity index (χ1n) is 5.48. The molecule has 0 radical (unpaired) electrons. The summed E-state index contributed by atoms with van der Waals surface area (Å²) >= 11 is 0. The van der Waals surface area contributed by atoms with Crippen LogP contribution in [-0.4, -0.2) is 28.4 Å². The number of carboxylic acids is 1. The van der Waals surface area contributed by atoms with Crippen LogP contribution in [0.4, 0.5) is 0 Å². The van der Waals surface area contributed by atoms with Crippen molar-refractivity contribution in [1.82, 2.24) is 0 Å². The van der Waals surface area contributed by atoms with E-state index in [4.69, 9.17) is 4.74 Å². The monoisotopic (exact) mass is 254 g/mol. The van der Waals surface area contributed by atoms with Gasteiger partial charge in [0.1, 0.15) is 5.60 Å². The van der Waals surface area contributed by atoms with Crippen molar-refractivity contribution in [3.8, 4) is 11.5 Å². The lowest BCUT2D eigenvalue weighted by Gasteiger charge is -2.37. The normalized spacial score (nSPS) is 14.9. The van der Waals surface area contributed by atoms with Gasteiger partial charge < -0.3 is 20.1 Å². The highest BCUT2D eigenvalue weighted by Crippen LogP contribution is 2.42. The fourth-order valence-corrected chi connectivity index (χ4v) is 1.55. The predicted octanol–water partition coefficient (Wildman–Crippen LogP) is 1.72. The Morgan fingerprint density at radius 2 is 1.83 bits per heavy atom. The van der Waals surface area contributed by atoms with Crippen LogP contribution in [0.5, 0.6) is 11.5 Å². The second kappa shape index (κ2) is 4.49. The summed E-state index contributed by atoms with van der Waals surface area (Å²) < 4.78 is 4.95. The zero-order valence-electron chi connectivity index (χ0n) is 10.9. The maximum atomic E-state index is 11.2. The molecule has 1 aromatic rings. The quantitative estimate of drug-likeness (QED) is 0.761. The number of carbonyl (C=O) groups is 1. The molecule has 0 saturated heterocycles. The molecule has 0 fully saturated rings. The summed E-state index contributed by atoms with van der Waals surface area (Å²) in [7, 11) is 1.38. The van der Waals surface area contributed by atoms with Crippen molar-refractivity contribution in [3.63, 3.8) is 0 Å². The molecule has 0 aliphatic carbocycles. The summed E-state index contributed by atoms with van der Waals surface area (Å²) in [5.41, 5.74) is -2.61. The first-order chi connectivity index (χ1) is 8.14. The van der Waals surface area contributed by atoms with Gasteiger partial charge in [0.25, 0.3) is 0 Å². The molecule has 0 aliphatic rings. The van der Waals surface area contributed by atoms with E-state index in [2.05, 4.69) is 0 Å². The number of phenols is 1. The fraction of sp³-hybridized carbons (Fsp3) is 0.462. The lowest BCUT2D eigenvalue weighted by atomic mass is 9.72. The summed E-state index contributed by atoms with van der Waals surface area (Å²) in [6, 6.07) is 4.27. The van der Waals surface area contributed by atoms with Crippen LogP contribution in [0.25, 0.3) is 0 Å². The molecular formula is C13H18O5. The van der Waals surface area contributed by atoms with Gasteiger partial charge in [-0.25, -0.2) is 0 Å². The third-order valence-corrected chi connectivity index (χ3v) is 3.49. The molecule has 100 valence electrons. The molecule has 0 bridgehead atoms. The van der Waals surface area contributed by atoms with Crippen LogP contribution >= 0.6 is 0 Å². The minimum absolute atomic E-state index is 0.0646. The van der Waals surface area contributed by atoms with Crippen molar-refractivity contribution in [1.29, 1.82) is 0 Å². The molecule has 0 aromatic heterocycles. The smallest absolute Gasteiger partial charge is 0.312 e. The average molecular weight is 254 g/mol. The highest BCUT2D eigenvalue weighted by molar-refractivity contribution is 5.75. The molecule has 1 aromatic carbocycles. The average Bonchev–Trinajstić information content (AvgIpc) is 2.28. The Morgan fingerprint density at radius 3 is 2.28 bits per heavy atom. The van der Waals surface area contributed by atoms with Crippen LogP contribution in [0.2, 0.25) is 0 Å². The van der Waals surface area contributed by atoms with Gasteiger partial charge in [0.15, 0.2) is 11.5 Å². The SMILES string of the molecule is COc1cc(C(C)(O)C(C)(C)C(=O)O)ccc1O. The molecule has 0 spiro atoms. The Kier molecular flexibility index (Phi) is 3.57. The van der Waals surface area contributed by atoms with E-state index in [1.54, 1.807) is 0 Å². The van der Waals surface area contributed by atoms with E-state index in [1.165, 1.54) is 46.1 Å². The second-order valence-electron chi connectivity index (χ2n) is 4.89. The molecule has 1 rings (SSSR count). The summed E-state index contributed by atoms with van der Waals surface area (Å²) in [6.07, 6.45) is 0. The van der Waals surface area contributed by atoms with Gasteiger partial charge in [0.2, 0.25) is 0 Å². The third-order valence-electron chi connectivity index (χ3n) is 3.49. The van der Waals surface area contributed by atoms with E-state index in [0.717, 1.165) is 0 Å². The van der Waals surface area contributed by atoms with Gasteiger partial charge in [0.05, 0.1) is 12.5 Å². The van der Waals surface area contributed by atoms with Crippen molar-refractivity contribution in [3.05, 3.63) is 23.8 Å². The Balaban J connectivity index is 3.32. The van der Waals surface area contributed by atoms with Gasteiger partial charge in [-0.05, 0) is 38.5 Å². The minimum atomic E-state index is -1.60. The number of aliphatic hydroxyl groups is 1. The Hall–Kier alpha value is -1.75. The number of aromatic hydroxyl groups is 1. The number of aliphatic carboxylic acids is 1. The highest BCUT2D eigenvalue weighted by atomic mass is 16.5. The van der Waals surface area contributed by atoms with E-state index < -0.39 is 17.0 Å². The Bertz CT molecular complexity index is 462. The summed E-state index contributed by atoms with van der Waals surface area (Å²) in [6.45, 7) is 4.30. The van der Waals surface area contributed by atoms with E-state index >= 15 is 0 Å². The van der Waals surface area contributed by atoms with Crippen LogP contribution in [-0.2, 0) is 10.4 Å². The molecule has 0 aliphatic heterocycles. The molecule has 0 saturated carbocycles. The summed E-state index contributed by atoms with van der Waals surface area (Å²) in [4.78, 5) is 11.2. The van der Waals surface area contributed by atoms with Crippen molar-refractivity contribution in [2.24, 2.45) is 5.41 Å². The van der Waals surface area contributed by atoms with Crippen LogP contribution < -0.4 is 4.74 Å². The van der Waals surface area contributed by atoms with Gasteiger partial charge in [-0.1, -0.05) is 6.07 Å². The van der Waals surface area contributed by atoms with Crippen molar-refractivity contribution >= 4 is 5.97 Å². The number of benzene rings is 1. The standard InChI is InChI=1S/C13H18O5/c1-12(2,11(15)16)13(3,17)8-5-6-9(14)10(7-8)18-4/h5-7,14,17H,1-4H3,(H,15,16). The summed E-state index contributed by atoms with van der Waals surface area (Å²) in [5, 5.41) is 29.1. The van der Waals surface area contributed by atoms with Crippen molar-refractivity contribution in [2.45, 2.75) is 26.4 Å². The number of hydrogen-bond donors (Lipinski definition) is 3. The molecule has 0 amide bonds. The number of methoxy groups -OCH3 is 1. The van der Waals surface area contributed by atoms with E-state index in [0.29, 0.717) is 5.56 Å². The molecule has 0 heterocycles. The first kappa shape index (κ1) is 14.3. The molecule has 1 atom stereocenters. The lowest BCUT2D eigenvalue weighted by molar-refractivity contribution is -0.164. The maximum absolute atomic E-state index is 11.2. The first-order valence-corrected chi connectivity index (χ1v) is 5.48. The van der Waals surface area contributed by atoms with E-state index in [-0.39, 0.29) is 11.5 Å². The van der Waals surface area contributed by atoms with Gasteiger partial charge >= 0.3 is 5.97 Å². The van der Waals surface area contributed by atoms with Crippen molar-refractivity contribution in [2.75, 3.05) is 7.11 Å². The number of rotatable bonds is 4. The zero-order valence-corrected chi connectivity index (χ0v) is 10.9. The minimum Gasteiger partial charge on any atom is -0.504 e.